The number of nitrogens with one attached hydrogen (secondary N) is 1. The van der Waals surface area contributed by atoms with Gasteiger partial charge in [0.05, 0.1) is 12.6 Å². The first-order valence-electron chi connectivity index (χ1n) is 5.41. The van der Waals surface area contributed by atoms with Crippen molar-refractivity contribution in [2.75, 3.05) is 26.2 Å². The SMILES string of the molecule is N#CC1(NCC(F)(F)F)CCN2CCC1C2. The molecular weight excluding hydrogens is 219 g/mol. The Morgan fingerprint density at radius 3 is 2.81 bits per heavy atom. The minimum Gasteiger partial charge on any atom is -0.303 e. The van der Waals surface area contributed by atoms with E-state index in [-0.39, 0.29) is 5.92 Å². The van der Waals surface area contributed by atoms with Crippen molar-refractivity contribution < 1.29 is 13.2 Å². The lowest BCUT2D eigenvalue weighted by Crippen LogP contribution is -2.57. The Morgan fingerprint density at radius 1 is 1.44 bits per heavy atom. The third-order valence-electron chi connectivity index (χ3n) is 3.60. The summed E-state index contributed by atoms with van der Waals surface area (Å²) < 4.78 is 36.5. The molecule has 0 aromatic carbocycles. The third-order valence-corrected chi connectivity index (χ3v) is 3.60. The molecule has 2 fully saturated rings. The van der Waals surface area contributed by atoms with Crippen LogP contribution >= 0.6 is 0 Å². The van der Waals surface area contributed by atoms with Gasteiger partial charge in [-0.15, -0.1) is 0 Å². The van der Waals surface area contributed by atoms with Gasteiger partial charge in [-0.2, -0.15) is 18.4 Å². The average Bonchev–Trinajstić information content (AvgIpc) is 2.62. The molecular formula is C10H14F3N3. The first-order chi connectivity index (χ1) is 7.45. The van der Waals surface area contributed by atoms with E-state index in [1.54, 1.807) is 0 Å². The number of nitrogens with zero attached hydrogens (tertiary/aromatic N) is 2. The van der Waals surface area contributed by atoms with Crippen LogP contribution < -0.4 is 5.32 Å². The van der Waals surface area contributed by atoms with E-state index in [1.807, 2.05) is 0 Å². The van der Waals surface area contributed by atoms with Crippen LogP contribution in [0, 0.1) is 17.2 Å². The van der Waals surface area contributed by atoms with E-state index in [2.05, 4.69) is 16.3 Å². The summed E-state index contributed by atoms with van der Waals surface area (Å²) in [6.45, 7) is 1.30. The molecule has 2 heterocycles. The van der Waals surface area contributed by atoms with Crippen molar-refractivity contribution in [1.82, 2.24) is 10.2 Å². The van der Waals surface area contributed by atoms with Crippen molar-refractivity contribution in [2.45, 2.75) is 24.6 Å². The van der Waals surface area contributed by atoms with Gasteiger partial charge in [0.25, 0.3) is 0 Å². The maximum atomic E-state index is 12.2. The Kier molecular flexibility index (Phi) is 2.84. The van der Waals surface area contributed by atoms with Gasteiger partial charge in [-0.1, -0.05) is 0 Å². The molecule has 1 N–H and O–H groups in total. The van der Waals surface area contributed by atoms with Gasteiger partial charge in [0, 0.05) is 19.0 Å². The molecule has 0 aliphatic carbocycles. The van der Waals surface area contributed by atoms with Crippen molar-refractivity contribution in [1.29, 1.82) is 5.26 Å². The van der Waals surface area contributed by atoms with E-state index in [0.717, 1.165) is 26.1 Å². The fourth-order valence-electron chi connectivity index (χ4n) is 2.65. The Bertz CT molecular complexity index is 309. The van der Waals surface area contributed by atoms with Gasteiger partial charge < -0.3 is 4.90 Å². The summed E-state index contributed by atoms with van der Waals surface area (Å²) in [7, 11) is 0. The molecule has 2 aliphatic rings. The van der Waals surface area contributed by atoms with Gasteiger partial charge in [-0.05, 0) is 19.4 Å². The third kappa shape index (κ3) is 2.15. The van der Waals surface area contributed by atoms with Crippen LogP contribution in [0.3, 0.4) is 0 Å². The second kappa shape index (κ2) is 3.90. The number of piperidine rings is 1. The summed E-state index contributed by atoms with van der Waals surface area (Å²) in [6.07, 6.45) is -2.94. The van der Waals surface area contributed by atoms with Crippen molar-refractivity contribution in [3.05, 3.63) is 0 Å². The van der Waals surface area contributed by atoms with E-state index in [1.165, 1.54) is 0 Å². The van der Waals surface area contributed by atoms with Crippen LogP contribution in [0.15, 0.2) is 0 Å². The monoisotopic (exact) mass is 233 g/mol. The maximum absolute atomic E-state index is 12.2. The number of nitriles is 1. The molecule has 0 aromatic rings. The number of hydrogen-bond acceptors (Lipinski definition) is 3. The van der Waals surface area contributed by atoms with Crippen molar-refractivity contribution in [3.8, 4) is 6.07 Å². The Hall–Kier alpha value is -0.800. The molecule has 2 bridgehead atoms. The number of halogens is 3. The van der Waals surface area contributed by atoms with Gasteiger partial charge in [0.15, 0.2) is 0 Å². The smallest absolute Gasteiger partial charge is 0.303 e. The zero-order chi connectivity index (χ0) is 11.8. The summed E-state index contributed by atoms with van der Waals surface area (Å²) in [6, 6.07) is 2.08. The summed E-state index contributed by atoms with van der Waals surface area (Å²) >= 11 is 0. The standard InChI is InChI=1S/C10H14F3N3/c11-10(12,13)7-15-9(6-14)2-4-16-3-1-8(9)5-16/h8,15H,1-5,7H2. The topological polar surface area (TPSA) is 39.1 Å². The Labute approximate surface area is 92.2 Å². The molecule has 2 aliphatic heterocycles. The molecule has 0 radical (unpaired) electrons. The first-order valence-corrected chi connectivity index (χ1v) is 5.41. The van der Waals surface area contributed by atoms with Crippen molar-refractivity contribution in [2.24, 2.45) is 5.92 Å². The lowest BCUT2D eigenvalue weighted by molar-refractivity contribution is -0.129. The van der Waals surface area contributed by atoms with Crippen molar-refractivity contribution in [3.63, 3.8) is 0 Å². The fourth-order valence-corrected chi connectivity index (χ4v) is 2.65. The van der Waals surface area contributed by atoms with E-state index in [9.17, 15) is 13.2 Å². The highest BCUT2D eigenvalue weighted by Crippen LogP contribution is 2.35. The quantitative estimate of drug-likeness (QED) is 0.777. The summed E-state index contributed by atoms with van der Waals surface area (Å²) in [5.74, 6) is 0.0357. The summed E-state index contributed by atoms with van der Waals surface area (Å²) in [5.41, 5.74) is -0.970. The summed E-state index contributed by atoms with van der Waals surface area (Å²) in [5, 5.41) is 11.6. The molecule has 0 amide bonds. The second-order valence-corrected chi connectivity index (χ2v) is 4.59. The predicted molar refractivity (Wildman–Crippen MR) is 51.6 cm³/mol. The minimum atomic E-state index is -4.25. The lowest BCUT2D eigenvalue weighted by Gasteiger charge is -2.38. The van der Waals surface area contributed by atoms with Gasteiger partial charge >= 0.3 is 6.18 Å². The highest BCUT2D eigenvalue weighted by Gasteiger charge is 2.47. The van der Waals surface area contributed by atoms with Gasteiger partial charge in [-0.25, -0.2) is 0 Å². The van der Waals surface area contributed by atoms with E-state index >= 15 is 0 Å². The largest absolute Gasteiger partial charge is 0.401 e. The maximum Gasteiger partial charge on any atom is 0.401 e. The van der Waals surface area contributed by atoms with E-state index in [4.69, 9.17) is 5.26 Å². The molecule has 6 heteroatoms. The lowest BCUT2D eigenvalue weighted by atomic mass is 9.80. The molecule has 3 atom stereocenters. The van der Waals surface area contributed by atoms with Crippen LogP contribution in [-0.4, -0.2) is 42.8 Å². The van der Waals surface area contributed by atoms with Gasteiger partial charge in [0.2, 0.25) is 0 Å². The number of rotatable bonds is 2. The number of alkyl halides is 3. The van der Waals surface area contributed by atoms with Crippen LogP contribution in [0.5, 0.6) is 0 Å². The highest BCUT2D eigenvalue weighted by atomic mass is 19.4. The molecule has 3 nitrogen and oxygen atoms in total. The summed E-state index contributed by atoms with van der Waals surface area (Å²) in [4.78, 5) is 2.20. The van der Waals surface area contributed by atoms with Crippen LogP contribution in [0.1, 0.15) is 12.8 Å². The van der Waals surface area contributed by atoms with Crippen LogP contribution in [0.2, 0.25) is 0 Å². The van der Waals surface area contributed by atoms with E-state index < -0.39 is 18.3 Å². The molecule has 16 heavy (non-hydrogen) atoms. The molecule has 2 saturated heterocycles. The Morgan fingerprint density at radius 2 is 2.19 bits per heavy atom. The normalized spacial score (nSPS) is 38.4. The molecule has 90 valence electrons. The molecule has 2 rings (SSSR count). The Balaban J connectivity index is 2.05. The molecule has 0 aromatic heterocycles. The van der Waals surface area contributed by atoms with Crippen LogP contribution in [0.25, 0.3) is 0 Å². The van der Waals surface area contributed by atoms with Gasteiger partial charge in [0.1, 0.15) is 5.54 Å². The zero-order valence-electron chi connectivity index (χ0n) is 8.85. The predicted octanol–water partition coefficient (Wildman–Crippen LogP) is 1.13. The average molecular weight is 233 g/mol. The van der Waals surface area contributed by atoms with Crippen LogP contribution in [-0.2, 0) is 0 Å². The molecule has 0 saturated carbocycles. The zero-order valence-corrected chi connectivity index (χ0v) is 8.85. The minimum absolute atomic E-state index is 0.0357. The van der Waals surface area contributed by atoms with Crippen LogP contribution in [0.4, 0.5) is 13.2 Å². The van der Waals surface area contributed by atoms with Gasteiger partial charge in [-0.3, -0.25) is 5.32 Å². The number of fused-ring (bicyclic) bond motifs is 2. The molecule has 3 unspecified atom stereocenters. The number of hydrogen-bond donors (Lipinski definition) is 1. The van der Waals surface area contributed by atoms with E-state index in [0.29, 0.717) is 6.42 Å². The fraction of sp³-hybridized carbons (Fsp3) is 0.900. The second-order valence-electron chi connectivity index (χ2n) is 4.59. The first kappa shape index (κ1) is 11.7. The van der Waals surface area contributed by atoms with Crippen molar-refractivity contribution >= 4 is 0 Å². The highest BCUT2D eigenvalue weighted by molar-refractivity contribution is 5.16. The molecule has 0 spiro atoms.